The van der Waals surface area contributed by atoms with Crippen LogP contribution in [0, 0.1) is 0 Å². The van der Waals surface area contributed by atoms with E-state index in [1.807, 2.05) is 0 Å². The first-order valence-electron chi connectivity index (χ1n) is 6.27. The molecule has 0 radical (unpaired) electrons. The van der Waals surface area contributed by atoms with Crippen LogP contribution in [-0.4, -0.2) is 36.9 Å². The molecule has 0 aliphatic rings. The van der Waals surface area contributed by atoms with Crippen LogP contribution in [0.1, 0.15) is 0 Å². The van der Waals surface area contributed by atoms with Gasteiger partial charge in [-0.1, -0.05) is 12.1 Å². The van der Waals surface area contributed by atoms with Gasteiger partial charge in [-0.15, -0.1) is 0 Å². The molecule has 1 aromatic carbocycles. The van der Waals surface area contributed by atoms with Gasteiger partial charge in [-0.2, -0.15) is 48.3 Å². The Labute approximate surface area is 176 Å². The first-order chi connectivity index (χ1) is 12.3. The van der Waals surface area contributed by atoms with E-state index in [4.69, 9.17) is 0 Å². The van der Waals surface area contributed by atoms with E-state index in [0.29, 0.717) is 12.1 Å². The zero-order valence-electron chi connectivity index (χ0n) is 13.5. The Balaban J connectivity index is 0.00000784. The largest absolute Gasteiger partial charge is 1.00 e. The Morgan fingerprint density at radius 3 is 1.72 bits per heavy atom. The third-order valence-electron chi connectivity index (χ3n) is 2.91. The van der Waals surface area contributed by atoms with Gasteiger partial charge in [-0.25, -0.2) is 8.42 Å². The van der Waals surface area contributed by atoms with Gasteiger partial charge in [0.15, 0.2) is 0 Å². The quantitative estimate of drug-likeness (QED) is 0.271. The molecule has 0 aromatic heterocycles. The second-order valence-electron chi connectivity index (χ2n) is 4.81. The van der Waals surface area contributed by atoms with Gasteiger partial charge in [-0.05, 0) is 12.1 Å². The minimum absolute atomic E-state index is 0. The number of benzene rings is 1. The molecule has 0 saturated carbocycles. The first-order valence-corrected chi connectivity index (χ1v) is 7.68. The van der Waals surface area contributed by atoms with Gasteiger partial charge in [0.25, 0.3) is 0 Å². The number of rotatable bonds is 6. The van der Waals surface area contributed by atoms with Gasteiger partial charge < -0.3 is 9.29 Å². The minimum atomic E-state index is -7.52. The maximum atomic E-state index is 13.4. The Kier molecular flexibility index (Phi) is 8.24. The van der Waals surface area contributed by atoms with E-state index in [-0.39, 0.29) is 29.6 Å². The number of allylic oxidation sites excluding steroid dienone is 1. The molecule has 160 valence electrons. The normalized spacial score (nSPS) is 14.8. The molecule has 0 unspecified atom stereocenters. The molecule has 0 saturated heterocycles. The van der Waals surface area contributed by atoms with Crippen molar-refractivity contribution in [3.05, 3.63) is 36.1 Å². The maximum Gasteiger partial charge on any atom is 1.00 e. The van der Waals surface area contributed by atoms with Crippen molar-refractivity contribution in [3.8, 4) is 5.75 Å². The van der Waals surface area contributed by atoms with E-state index < -0.39 is 56.5 Å². The van der Waals surface area contributed by atoms with Crippen LogP contribution in [0.25, 0.3) is 0 Å². The molecule has 1 rings (SSSR count). The fraction of sp³-hybridized carbons (Fsp3) is 0.333. The van der Waals surface area contributed by atoms with Crippen LogP contribution in [0.4, 0.5) is 48.3 Å². The summed E-state index contributed by atoms with van der Waals surface area (Å²) < 4.78 is 176. The molecular weight excluding hydrogens is 472 g/mol. The van der Waals surface area contributed by atoms with Gasteiger partial charge >= 0.3 is 59.5 Å². The van der Waals surface area contributed by atoms with Gasteiger partial charge in [0.05, 0.1) is 4.90 Å². The number of ether oxygens (including phenoxy) is 1. The van der Waals surface area contributed by atoms with Crippen molar-refractivity contribution in [2.45, 2.75) is 28.8 Å². The van der Waals surface area contributed by atoms with Crippen LogP contribution < -0.4 is 34.3 Å². The van der Waals surface area contributed by atoms with Gasteiger partial charge in [0, 0.05) is 0 Å². The molecule has 0 amide bonds. The zero-order chi connectivity index (χ0) is 22.3. The molecule has 29 heavy (non-hydrogen) atoms. The summed E-state index contributed by atoms with van der Waals surface area (Å²) in [5.74, 6) is -27.9. The summed E-state index contributed by atoms with van der Waals surface area (Å²) in [5, 5.41) is 0. The smallest absolute Gasteiger partial charge is 0.744 e. The molecule has 0 spiro atoms. The first kappa shape index (κ1) is 27.9. The second kappa shape index (κ2) is 8.56. The predicted molar refractivity (Wildman–Crippen MR) is 65.2 cm³/mol. The van der Waals surface area contributed by atoms with E-state index >= 15 is 0 Å². The average Bonchev–Trinajstić information content (AvgIpc) is 2.52. The monoisotopic (exact) mass is 476 g/mol. The molecule has 4 nitrogen and oxygen atoms in total. The van der Waals surface area contributed by atoms with Crippen molar-refractivity contribution in [3.63, 3.8) is 0 Å². The number of halogens is 11. The fourth-order valence-corrected chi connectivity index (χ4v) is 2.12. The van der Waals surface area contributed by atoms with Crippen molar-refractivity contribution in [1.29, 1.82) is 0 Å². The third kappa shape index (κ3) is 5.15. The standard InChI is InChI=1S/C12H5F11O4S.Na/c13-7(9(15,16)10(17,18)11(19,20)12(21,22)23)8(14)27-5-3-1-2-4-6(5)28(24,25)26;/h1-4H,(H,24,25,26);/q;+1/p-1. The van der Waals surface area contributed by atoms with Gasteiger partial charge in [0.1, 0.15) is 15.9 Å². The fourth-order valence-electron chi connectivity index (χ4n) is 1.52. The molecule has 0 fully saturated rings. The number of alkyl halides is 9. The van der Waals surface area contributed by atoms with E-state index in [9.17, 15) is 61.3 Å². The Hall–Kier alpha value is -1.10. The molecule has 0 bridgehead atoms. The maximum absolute atomic E-state index is 13.4. The third-order valence-corrected chi connectivity index (χ3v) is 3.79. The minimum Gasteiger partial charge on any atom is -0.744 e. The van der Waals surface area contributed by atoms with Gasteiger partial charge in [-0.3, -0.25) is 0 Å². The van der Waals surface area contributed by atoms with Crippen LogP contribution >= 0.6 is 0 Å². The Morgan fingerprint density at radius 1 is 0.862 bits per heavy atom. The van der Waals surface area contributed by atoms with Crippen LogP contribution in [0.15, 0.2) is 41.0 Å². The molecule has 0 aliphatic heterocycles. The molecule has 0 heterocycles. The van der Waals surface area contributed by atoms with Crippen LogP contribution in [0.2, 0.25) is 0 Å². The van der Waals surface area contributed by atoms with Crippen LogP contribution in [0.5, 0.6) is 5.75 Å². The zero-order valence-corrected chi connectivity index (χ0v) is 16.3. The summed E-state index contributed by atoms with van der Waals surface area (Å²) in [5.41, 5.74) is 0. The van der Waals surface area contributed by atoms with E-state index in [1.54, 1.807) is 0 Å². The van der Waals surface area contributed by atoms with E-state index in [2.05, 4.69) is 4.74 Å². The summed E-state index contributed by atoms with van der Waals surface area (Å²) >= 11 is 0. The number of para-hydroxylation sites is 1. The van der Waals surface area contributed by atoms with Crippen molar-refractivity contribution >= 4 is 10.1 Å². The number of hydrogen-bond acceptors (Lipinski definition) is 4. The summed E-state index contributed by atoms with van der Waals surface area (Å²) in [6.07, 6.45) is -7.28. The van der Waals surface area contributed by atoms with Crippen LogP contribution in [-0.2, 0) is 10.1 Å². The van der Waals surface area contributed by atoms with Crippen molar-refractivity contribution in [2.24, 2.45) is 0 Å². The predicted octanol–water partition coefficient (Wildman–Crippen LogP) is 1.55. The molecule has 0 aliphatic carbocycles. The van der Waals surface area contributed by atoms with Crippen molar-refractivity contribution in [2.75, 3.05) is 0 Å². The second-order valence-corrected chi connectivity index (χ2v) is 6.16. The van der Waals surface area contributed by atoms with Crippen LogP contribution in [0.3, 0.4) is 0 Å². The molecule has 0 atom stereocenters. The molecule has 0 N–H and O–H groups in total. The summed E-state index contributed by atoms with van der Waals surface area (Å²) in [4.78, 5) is -1.51. The Bertz CT molecular complexity index is 880. The van der Waals surface area contributed by atoms with E-state index in [0.717, 1.165) is 12.1 Å². The summed E-state index contributed by atoms with van der Waals surface area (Å²) in [6.45, 7) is 0. The number of hydrogen-bond donors (Lipinski definition) is 0. The summed E-state index contributed by atoms with van der Waals surface area (Å²) in [7, 11) is -5.50. The van der Waals surface area contributed by atoms with E-state index in [1.165, 1.54) is 0 Å². The van der Waals surface area contributed by atoms with Gasteiger partial charge in [0.2, 0.25) is 5.83 Å². The Morgan fingerprint density at radius 2 is 1.31 bits per heavy atom. The average molecular weight is 476 g/mol. The van der Waals surface area contributed by atoms with Crippen molar-refractivity contribution in [1.82, 2.24) is 0 Å². The topological polar surface area (TPSA) is 66.4 Å². The molecule has 1 aromatic rings. The SMILES string of the molecule is O=S(=O)([O-])c1ccccc1OC(F)=C(F)C(F)(F)C(F)(F)C(F)(F)C(F)(F)F.[Na+]. The molecule has 17 heteroatoms. The summed E-state index contributed by atoms with van der Waals surface area (Å²) in [6, 6.07) is -1.19. The van der Waals surface area contributed by atoms with Crippen molar-refractivity contribution < 1.29 is 95.6 Å². The molecular formula is C12H4F11NaO4S.